The molecule has 2 rings (SSSR count). The molecule has 2 aromatic carbocycles. The Hall–Kier alpha value is -2.69. The highest BCUT2D eigenvalue weighted by atomic mass is 19.1. The van der Waals surface area contributed by atoms with E-state index < -0.39 is 17.8 Å². The van der Waals surface area contributed by atoms with Crippen LogP contribution in [-0.4, -0.2) is 19.0 Å². The van der Waals surface area contributed by atoms with Crippen LogP contribution in [0.3, 0.4) is 0 Å². The lowest BCUT2D eigenvalue weighted by Crippen LogP contribution is -2.13. The Morgan fingerprint density at radius 1 is 0.900 bits per heavy atom. The summed E-state index contributed by atoms with van der Waals surface area (Å²) in [7, 11) is 1.22. The van der Waals surface area contributed by atoms with E-state index in [2.05, 4.69) is 4.74 Å². The van der Waals surface area contributed by atoms with Crippen LogP contribution in [0.15, 0.2) is 48.5 Å². The lowest BCUT2D eigenvalue weighted by atomic mass is 10.2. The minimum absolute atomic E-state index is 0.0209. The fourth-order valence-corrected chi connectivity index (χ4v) is 1.62. The van der Waals surface area contributed by atoms with Gasteiger partial charge in [-0.25, -0.2) is 14.0 Å². The minimum Gasteiger partial charge on any atom is -0.465 e. The van der Waals surface area contributed by atoms with Gasteiger partial charge in [-0.15, -0.1) is 0 Å². The van der Waals surface area contributed by atoms with Crippen molar-refractivity contribution in [2.75, 3.05) is 7.11 Å². The molecule has 0 saturated carbocycles. The average molecular weight is 274 g/mol. The Balaban J connectivity index is 2.29. The number of hydrogen-bond donors (Lipinski definition) is 0. The molecular formula is C15H11FO4. The normalized spacial score (nSPS) is 9.90. The maximum absolute atomic E-state index is 13.5. The molecule has 4 nitrogen and oxygen atoms in total. The minimum atomic E-state index is -0.876. The number of rotatable bonds is 3. The van der Waals surface area contributed by atoms with Gasteiger partial charge < -0.3 is 9.47 Å². The van der Waals surface area contributed by atoms with Gasteiger partial charge in [-0.1, -0.05) is 24.3 Å². The number of methoxy groups -OCH3 is 1. The van der Waals surface area contributed by atoms with Gasteiger partial charge in [0, 0.05) is 0 Å². The summed E-state index contributed by atoms with van der Waals surface area (Å²) in [5, 5.41) is 0. The van der Waals surface area contributed by atoms with Gasteiger partial charge in [0.15, 0.2) is 0 Å². The van der Waals surface area contributed by atoms with E-state index in [0.717, 1.165) is 6.07 Å². The van der Waals surface area contributed by atoms with E-state index >= 15 is 0 Å². The van der Waals surface area contributed by atoms with Gasteiger partial charge in [0.2, 0.25) is 0 Å². The summed E-state index contributed by atoms with van der Waals surface area (Å²) >= 11 is 0. The quantitative estimate of drug-likeness (QED) is 0.638. The van der Waals surface area contributed by atoms with Crippen LogP contribution in [-0.2, 0) is 4.74 Å². The van der Waals surface area contributed by atoms with Gasteiger partial charge in [-0.05, 0) is 24.3 Å². The summed E-state index contributed by atoms with van der Waals surface area (Å²) in [6.07, 6.45) is 0. The van der Waals surface area contributed by atoms with Crippen molar-refractivity contribution in [3.63, 3.8) is 0 Å². The monoisotopic (exact) mass is 274 g/mol. The molecule has 0 N–H and O–H groups in total. The van der Waals surface area contributed by atoms with Gasteiger partial charge in [-0.2, -0.15) is 0 Å². The molecule has 0 fully saturated rings. The average Bonchev–Trinajstić information content (AvgIpc) is 2.47. The third-order valence-corrected chi connectivity index (χ3v) is 2.59. The fourth-order valence-electron chi connectivity index (χ4n) is 1.62. The summed E-state index contributed by atoms with van der Waals surface area (Å²) in [5.74, 6) is -2.18. The molecule has 0 bridgehead atoms. The van der Waals surface area contributed by atoms with Crippen LogP contribution in [0.25, 0.3) is 0 Å². The van der Waals surface area contributed by atoms with Crippen molar-refractivity contribution in [2.45, 2.75) is 0 Å². The molecule has 5 heteroatoms. The Kier molecular flexibility index (Phi) is 4.10. The largest absolute Gasteiger partial charge is 0.465 e. The maximum Gasteiger partial charge on any atom is 0.346 e. The lowest BCUT2D eigenvalue weighted by molar-refractivity contribution is 0.0593. The van der Waals surface area contributed by atoms with Gasteiger partial charge >= 0.3 is 11.9 Å². The van der Waals surface area contributed by atoms with Gasteiger partial charge in [0.05, 0.1) is 12.7 Å². The molecule has 20 heavy (non-hydrogen) atoms. The smallest absolute Gasteiger partial charge is 0.346 e. The molecule has 0 aromatic heterocycles. The van der Waals surface area contributed by atoms with Crippen molar-refractivity contribution in [3.8, 4) is 5.75 Å². The summed E-state index contributed by atoms with van der Waals surface area (Å²) < 4.78 is 23.1. The van der Waals surface area contributed by atoms with Crippen molar-refractivity contribution in [2.24, 2.45) is 0 Å². The summed E-state index contributed by atoms with van der Waals surface area (Å²) in [6, 6.07) is 11.5. The van der Waals surface area contributed by atoms with Gasteiger partial charge in [-0.3, -0.25) is 0 Å². The second-order valence-corrected chi connectivity index (χ2v) is 3.86. The van der Waals surface area contributed by atoms with E-state index in [9.17, 15) is 14.0 Å². The molecular weight excluding hydrogens is 263 g/mol. The molecule has 2 aromatic rings. The van der Waals surface area contributed by atoms with Crippen LogP contribution in [0, 0.1) is 5.82 Å². The number of esters is 2. The summed E-state index contributed by atoms with van der Waals surface area (Å²) in [6.45, 7) is 0. The van der Waals surface area contributed by atoms with Crippen LogP contribution in [0.1, 0.15) is 20.7 Å². The number of ether oxygens (including phenoxy) is 2. The first-order valence-electron chi connectivity index (χ1n) is 5.77. The Morgan fingerprint density at radius 3 is 2.15 bits per heavy atom. The fraction of sp³-hybridized carbons (Fsp3) is 0.0667. The van der Waals surface area contributed by atoms with Crippen molar-refractivity contribution >= 4 is 11.9 Å². The number of carbonyl (C=O) groups excluding carboxylic acids is 2. The van der Waals surface area contributed by atoms with E-state index in [-0.39, 0.29) is 16.9 Å². The predicted molar refractivity (Wildman–Crippen MR) is 69.1 cm³/mol. The molecule has 0 amide bonds. The zero-order valence-electron chi connectivity index (χ0n) is 10.6. The molecule has 0 atom stereocenters. The van der Waals surface area contributed by atoms with Gasteiger partial charge in [0.25, 0.3) is 0 Å². The Labute approximate surface area is 114 Å². The van der Waals surface area contributed by atoms with Crippen molar-refractivity contribution < 1.29 is 23.5 Å². The number of hydrogen-bond acceptors (Lipinski definition) is 4. The van der Waals surface area contributed by atoms with E-state index in [4.69, 9.17) is 4.74 Å². The first kappa shape index (κ1) is 13.7. The van der Waals surface area contributed by atoms with Crippen LogP contribution in [0.5, 0.6) is 5.75 Å². The Morgan fingerprint density at radius 2 is 1.50 bits per heavy atom. The Bertz CT molecular complexity index is 652. The third kappa shape index (κ3) is 2.83. The number of carbonyl (C=O) groups is 2. The van der Waals surface area contributed by atoms with Crippen LogP contribution >= 0.6 is 0 Å². The molecule has 0 radical (unpaired) electrons. The zero-order valence-corrected chi connectivity index (χ0v) is 10.6. The van der Waals surface area contributed by atoms with Crippen LogP contribution in [0.4, 0.5) is 4.39 Å². The second-order valence-electron chi connectivity index (χ2n) is 3.86. The van der Waals surface area contributed by atoms with E-state index in [1.54, 1.807) is 12.1 Å². The topological polar surface area (TPSA) is 52.6 Å². The van der Waals surface area contributed by atoms with Crippen molar-refractivity contribution in [1.29, 1.82) is 0 Å². The molecule has 0 spiro atoms. The molecule has 0 heterocycles. The first-order valence-corrected chi connectivity index (χ1v) is 5.77. The summed E-state index contributed by atoms with van der Waals surface area (Å²) in [5.41, 5.74) is -0.105. The molecule has 102 valence electrons. The van der Waals surface area contributed by atoms with Gasteiger partial charge in [0.1, 0.15) is 17.1 Å². The SMILES string of the molecule is COC(=O)c1ccccc1OC(=O)c1ccccc1F. The second kappa shape index (κ2) is 5.97. The zero-order chi connectivity index (χ0) is 14.5. The third-order valence-electron chi connectivity index (χ3n) is 2.59. The lowest BCUT2D eigenvalue weighted by Gasteiger charge is -2.08. The van der Waals surface area contributed by atoms with Crippen molar-refractivity contribution in [3.05, 3.63) is 65.5 Å². The van der Waals surface area contributed by atoms with E-state index in [0.29, 0.717) is 0 Å². The van der Waals surface area contributed by atoms with Crippen LogP contribution in [0.2, 0.25) is 0 Å². The number of halogens is 1. The highest BCUT2D eigenvalue weighted by Gasteiger charge is 2.18. The summed E-state index contributed by atoms with van der Waals surface area (Å²) in [4.78, 5) is 23.4. The highest BCUT2D eigenvalue weighted by molar-refractivity contribution is 5.96. The predicted octanol–water partition coefficient (Wildman–Crippen LogP) is 2.83. The molecule has 0 unspecified atom stereocenters. The highest BCUT2D eigenvalue weighted by Crippen LogP contribution is 2.20. The molecule has 0 aliphatic heterocycles. The standard InChI is InChI=1S/C15H11FO4/c1-19-14(17)11-7-3-5-9-13(11)20-15(18)10-6-2-4-8-12(10)16/h2-9H,1H3. The van der Waals surface area contributed by atoms with Crippen molar-refractivity contribution in [1.82, 2.24) is 0 Å². The molecule has 0 aliphatic rings. The number of benzene rings is 2. The first-order chi connectivity index (χ1) is 9.63. The van der Waals surface area contributed by atoms with Crippen LogP contribution < -0.4 is 4.74 Å². The number of para-hydroxylation sites is 1. The van der Waals surface area contributed by atoms with E-state index in [1.807, 2.05) is 0 Å². The maximum atomic E-state index is 13.5. The molecule has 0 aliphatic carbocycles. The molecule has 0 saturated heterocycles. The van der Waals surface area contributed by atoms with E-state index in [1.165, 1.54) is 37.4 Å².